The van der Waals surface area contributed by atoms with Crippen LogP contribution in [-0.2, 0) is 9.47 Å². The standard InChI is InChI=1S/C6H12O5/c1-10-5-4(8)3(7)2-11-6(5)9/h3-9H,2H2,1H3/t3-,4+,5-,6-/m1/s1. The molecule has 0 spiro atoms. The fourth-order valence-corrected chi connectivity index (χ4v) is 1.03. The second-order valence-corrected chi connectivity index (χ2v) is 2.48. The van der Waals surface area contributed by atoms with Crippen LogP contribution in [0.3, 0.4) is 0 Å². The summed E-state index contributed by atoms with van der Waals surface area (Å²) in [6.45, 7) is -0.0673. The van der Waals surface area contributed by atoms with E-state index in [1.54, 1.807) is 0 Å². The second-order valence-electron chi connectivity index (χ2n) is 2.48. The number of hydrogen-bond acceptors (Lipinski definition) is 5. The van der Waals surface area contributed by atoms with E-state index < -0.39 is 24.6 Å². The van der Waals surface area contributed by atoms with Crippen LogP contribution >= 0.6 is 0 Å². The van der Waals surface area contributed by atoms with Gasteiger partial charge >= 0.3 is 0 Å². The Morgan fingerprint density at radius 3 is 2.45 bits per heavy atom. The van der Waals surface area contributed by atoms with Crippen LogP contribution in [0.4, 0.5) is 0 Å². The second kappa shape index (κ2) is 3.46. The van der Waals surface area contributed by atoms with E-state index in [2.05, 4.69) is 4.74 Å². The molecule has 11 heavy (non-hydrogen) atoms. The zero-order chi connectivity index (χ0) is 8.43. The molecule has 0 aliphatic carbocycles. The van der Waals surface area contributed by atoms with Crippen molar-refractivity contribution in [3.8, 4) is 0 Å². The quantitative estimate of drug-likeness (QED) is 0.420. The van der Waals surface area contributed by atoms with Gasteiger partial charge in [0.1, 0.15) is 18.3 Å². The SMILES string of the molecule is CO[C@@H]1[C@@H](O)[C@H](O)CO[C@H]1O. The molecule has 0 bridgehead atoms. The van der Waals surface area contributed by atoms with Gasteiger partial charge in [-0.2, -0.15) is 0 Å². The van der Waals surface area contributed by atoms with Gasteiger partial charge in [-0.05, 0) is 0 Å². The lowest BCUT2D eigenvalue weighted by molar-refractivity contribution is -0.258. The van der Waals surface area contributed by atoms with E-state index in [4.69, 9.17) is 14.9 Å². The highest BCUT2D eigenvalue weighted by molar-refractivity contribution is 4.82. The highest BCUT2D eigenvalue weighted by Crippen LogP contribution is 2.15. The van der Waals surface area contributed by atoms with Crippen molar-refractivity contribution < 1.29 is 24.8 Å². The first-order chi connectivity index (χ1) is 5.16. The van der Waals surface area contributed by atoms with Gasteiger partial charge in [0.15, 0.2) is 6.29 Å². The van der Waals surface area contributed by atoms with Crippen LogP contribution in [0.25, 0.3) is 0 Å². The predicted molar refractivity (Wildman–Crippen MR) is 34.8 cm³/mol. The number of rotatable bonds is 1. The first-order valence-electron chi connectivity index (χ1n) is 3.35. The molecule has 5 nitrogen and oxygen atoms in total. The fourth-order valence-electron chi connectivity index (χ4n) is 1.03. The van der Waals surface area contributed by atoms with Gasteiger partial charge in [0.2, 0.25) is 0 Å². The van der Waals surface area contributed by atoms with Crippen LogP contribution in [0.2, 0.25) is 0 Å². The van der Waals surface area contributed by atoms with Crippen LogP contribution in [0.5, 0.6) is 0 Å². The molecule has 3 N–H and O–H groups in total. The van der Waals surface area contributed by atoms with Crippen molar-refractivity contribution in [3.63, 3.8) is 0 Å². The summed E-state index contributed by atoms with van der Waals surface area (Å²) in [4.78, 5) is 0. The topological polar surface area (TPSA) is 79.2 Å². The van der Waals surface area contributed by atoms with Crippen LogP contribution < -0.4 is 0 Å². The molecule has 1 aliphatic rings. The predicted octanol–water partition coefficient (Wildman–Crippen LogP) is -1.93. The molecular weight excluding hydrogens is 152 g/mol. The molecule has 4 atom stereocenters. The minimum absolute atomic E-state index is 0.0673. The molecule has 0 radical (unpaired) electrons. The Hall–Kier alpha value is -0.200. The lowest BCUT2D eigenvalue weighted by atomic mass is 10.1. The Morgan fingerprint density at radius 1 is 1.36 bits per heavy atom. The third kappa shape index (κ3) is 1.69. The Labute approximate surface area is 64.2 Å². The molecule has 1 saturated heterocycles. The number of aliphatic hydroxyl groups excluding tert-OH is 3. The highest BCUT2D eigenvalue weighted by atomic mass is 16.6. The Kier molecular flexibility index (Phi) is 2.80. The summed E-state index contributed by atoms with van der Waals surface area (Å²) < 4.78 is 9.39. The summed E-state index contributed by atoms with van der Waals surface area (Å²) in [7, 11) is 1.33. The molecule has 0 aromatic rings. The van der Waals surface area contributed by atoms with Gasteiger partial charge < -0.3 is 24.8 Å². The Balaban J connectivity index is 2.55. The third-order valence-corrected chi connectivity index (χ3v) is 1.72. The zero-order valence-electron chi connectivity index (χ0n) is 6.17. The number of hydrogen-bond donors (Lipinski definition) is 3. The average Bonchev–Trinajstić information content (AvgIpc) is 1.99. The molecule has 1 fully saturated rings. The summed E-state index contributed by atoms with van der Waals surface area (Å²) in [5, 5.41) is 27.3. The van der Waals surface area contributed by atoms with E-state index >= 15 is 0 Å². The summed E-state index contributed by atoms with van der Waals surface area (Å²) in [6, 6.07) is 0. The molecule has 5 heteroatoms. The summed E-state index contributed by atoms with van der Waals surface area (Å²) in [5.74, 6) is 0. The van der Waals surface area contributed by atoms with Gasteiger partial charge in [0.25, 0.3) is 0 Å². The van der Waals surface area contributed by atoms with Gasteiger partial charge in [-0.1, -0.05) is 0 Å². The number of ether oxygens (including phenoxy) is 2. The summed E-state index contributed by atoms with van der Waals surface area (Å²) in [5.41, 5.74) is 0. The number of aliphatic hydroxyl groups is 3. The molecular formula is C6H12O5. The Morgan fingerprint density at radius 2 is 2.00 bits per heavy atom. The van der Waals surface area contributed by atoms with Gasteiger partial charge in [-0.3, -0.25) is 0 Å². The van der Waals surface area contributed by atoms with Crippen molar-refractivity contribution in [1.82, 2.24) is 0 Å². The van der Waals surface area contributed by atoms with Crippen LogP contribution in [0, 0.1) is 0 Å². The molecule has 0 unspecified atom stereocenters. The van der Waals surface area contributed by atoms with E-state index in [9.17, 15) is 5.11 Å². The van der Waals surface area contributed by atoms with Crippen molar-refractivity contribution in [2.75, 3.05) is 13.7 Å². The molecule has 0 saturated carbocycles. The molecule has 0 aromatic carbocycles. The van der Waals surface area contributed by atoms with Gasteiger partial charge in [-0.25, -0.2) is 0 Å². The molecule has 1 aliphatic heterocycles. The van der Waals surface area contributed by atoms with E-state index in [1.165, 1.54) is 7.11 Å². The fraction of sp³-hybridized carbons (Fsp3) is 1.00. The van der Waals surface area contributed by atoms with E-state index in [-0.39, 0.29) is 6.61 Å². The molecule has 0 aromatic heterocycles. The molecule has 1 rings (SSSR count). The lowest BCUT2D eigenvalue weighted by Gasteiger charge is -2.34. The smallest absolute Gasteiger partial charge is 0.183 e. The maximum absolute atomic E-state index is 9.19. The molecule has 1 heterocycles. The average molecular weight is 164 g/mol. The zero-order valence-corrected chi connectivity index (χ0v) is 6.17. The van der Waals surface area contributed by atoms with Crippen LogP contribution in [0.15, 0.2) is 0 Å². The minimum Gasteiger partial charge on any atom is -0.388 e. The van der Waals surface area contributed by atoms with Crippen molar-refractivity contribution in [2.45, 2.75) is 24.6 Å². The maximum atomic E-state index is 9.19. The monoisotopic (exact) mass is 164 g/mol. The highest BCUT2D eigenvalue weighted by Gasteiger charge is 2.37. The van der Waals surface area contributed by atoms with E-state index in [1.807, 2.05) is 0 Å². The van der Waals surface area contributed by atoms with Crippen LogP contribution in [0.1, 0.15) is 0 Å². The van der Waals surface area contributed by atoms with Crippen molar-refractivity contribution in [1.29, 1.82) is 0 Å². The van der Waals surface area contributed by atoms with Gasteiger partial charge in [-0.15, -0.1) is 0 Å². The maximum Gasteiger partial charge on any atom is 0.183 e. The van der Waals surface area contributed by atoms with Gasteiger partial charge in [0, 0.05) is 7.11 Å². The molecule has 0 amide bonds. The van der Waals surface area contributed by atoms with E-state index in [0.717, 1.165) is 0 Å². The normalized spacial score (nSPS) is 45.8. The largest absolute Gasteiger partial charge is 0.388 e. The minimum atomic E-state index is -1.15. The van der Waals surface area contributed by atoms with Crippen molar-refractivity contribution in [2.24, 2.45) is 0 Å². The third-order valence-electron chi connectivity index (χ3n) is 1.72. The molecule has 66 valence electrons. The summed E-state index contributed by atoms with van der Waals surface area (Å²) >= 11 is 0. The van der Waals surface area contributed by atoms with E-state index in [0.29, 0.717) is 0 Å². The number of methoxy groups -OCH3 is 1. The van der Waals surface area contributed by atoms with Crippen molar-refractivity contribution in [3.05, 3.63) is 0 Å². The Bertz CT molecular complexity index is 128. The first-order valence-corrected chi connectivity index (χ1v) is 3.35. The van der Waals surface area contributed by atoms with Crippen LogP contribution in [-0.4, -0.2) is 53.6 Å². The van der Waals surface area contributed by atoms with Gasteiger partial charge in [0.05, 0.1) is 6.61 Å². The lowest BCUT2D eigenvalue weighted by Crippen LogP contribution is -2.53. The first kappa shape index (κ1) is 8.89. The van der Waals surface area contributed by atoms with Crippen molar-refractivity contribution >= 4 is 0 Å². The summed E-state index contributed by atoms with van der Waals surface area (Å²) in [6.07, 6.45) is -4.08.